The highest BCUT2D eigenvalue weighted by Crippen LogP contribution is 2.53. The number of phenolic OH excluding ortho intramolecular Hbond substituents is 2. The number of fused-ring (bicyclic) bond motifs is 6. The molecule has 6 aliphatic rings. The topological polar surface area (TPSA) is 382 Å². The van der Waals surface area contributed by atoms with Crippen LogP contribution in [0.1, 0.15) is 152 Å². The number of methoxy groups -OCH3 is 2. The minimum Gasteiger partial charge on any atom is -0.507 e. The van der Waals surface area contributed by atoms with Gasteiger partial charge in [-0.15, -0.1) is 0 Å². The molecular weight excluding hydrogens is 1260 g/mol. The number of Topliss-reactive ketones (excluding diaryl/α,β-unsaturated/α-hetero) is 2. The van der Waals surface area contributed by atoms with Crippen molar-refractivity contribution in [2.75, 3.05) is 47.0 Å². The summed E-state index contributed by atoms with van der Waals surface area (Å²) in [6.45, 7) is 6.00. The largest absolute Gasteiger partial charge is 0.507 e. The van der Waals surface area contributed by atoms with Gasteiger partial charge in [0.05, 0.1) is 48.7 Å². The number of rotatable bonds is 29. The molecule has 4 aliphatic heterocycles. The number of aliphatic hydroxyl groups is 1. The van der Waals surface area contributed by atoms with Crippen molar-refractivity contribution in [2.24, 2.45) is 17.6 Å². The van der Waals surface area contributed by atoms with Crippen molar-refractivity contribution in [3.8, 4) is 17.2 Å². The van der Waals surface area contributed by atoms with E-state index in [0.29, 0.717) is 47.8 Å². The standard InChI is InChI=1S/C64H79ClN6O21S/c1-33(2)39(27-37(72)12-7-6-8-23-71-47(74)29-46(65)93(71,84)85)59(80)69-41(14-10-22-68-63(66)82)43(73)26-35-17-19-36(20-18-35)32-89-48(75)16-11-21-67-62(81)64(83)30-40-51(57(79)53-52(55(40)77)54(76)38-13-9-15-44(86-4)50(38)56(53)78)45(31-64)91-49-28-42-58(34(3)90-49)92-60-61(87-5)88-25-24-70(42)60/h9,13,15,17-20,29,33-34,39,41-42,45,49,58,60-61,77,79,83H,6-8,10-12,14,16,21-28,30-32H2,1-5H3,(H,67,81)(H,69,80)(H3,66,68,82)/t34-,39-,41-,42-,45-,49-,58+,60+,61-,64-/m0/s1. The van der Waals surface area contributed by atoms with Crippen LogP contribution < -0.4 is 26.4 Å². The van der Waals surface area contributed by atoms with Gasteiger partial charge in [0.2, 0.25) is 11.7 Å². The van der Waals surface area contributed by atoms with E-state index >= 15 is 0 Å². The zero-order valence-electron chi connectivity index (χ0n) is 52.3. The van der Waals surface area contributed by atoms with Crippen molar-refractivity contribution >= 4 is 74.5 Å². The second-order valence-corrected chi connectivity index (χ2v) is 26.9. The van der Waals surface area contributed by atoms with Gasteiger partial charge in [0.1, 0.15) is 41.3 Å². The number of sulfonamides is 1. The number of benzene rings is 3. The van der Waals surface area contributed by atoms with Gasteiger partial charge in [0, 0.05) is 113 Å². The van der Waals surface area contributed by atoms with Gasteiger partial charge in [-0.3, -0.25) is 43.3 Å². The van der Waals surface area contributed by atoms with E-state index in [1.165, 1.54) is 32.4 Å². The van der Waals surface area contributed by atoms with Crippen LogP contribution in [0.5, 0.6) is 17.2 Å². The Morgan fingerprint density at radius 2 is 1.60 bits per heavy atom. The number of nitrogens with two attached hydrogens (primary N) is 1. The van der Waals surface area contributed by atoms with E-state index in [2.05, 4.69) is 20.9 Å². The number of esters is 1. The molecule has 5 amide bonds. The zero-order valence-corrected chi connectivity index (χ0v) is 53.8. The number of urea groups is 1. The summed E-state index contributed by atoms with van der Waals surface area (Å²) in [7, 11) is -1.20. The van der Waals surface area contributed by atoms with E-state index in [4.69, 9.17) is 50.5 Å². The van der Waals surface area contributed by atoms with E-state index in [1.54, 1.807) is 45.0 Å². The first kappa shape index (κ1) is 69.9. The Balaban J connectivity index is 0.786. The first-order valence-electron chi connectivity index (χ1n) is 31.1. The van der Waals surface area contributed by atoms with Crippen molar-refractivity contribution in [3.63, 3.8) is 0 Å². The summed E-state index contributed by atoms with van der Waals surface area (Å²) in [6, 6.07) is 9.01. The van der Waals surface area contributed by atoms with Gasteiger partial charge in [-0.25, -0.2) is 17.5 Å². The third kappa shape index (κ3) is 15.4. The normalized spacial score (nSPS) is 24.3. The first-order chi connectivity index (χ1) is 44.3. The lowest BCUT2D eigenvalue weighted by atomic mass is 9.72. The molecule has 29 heteroatoms. The van der Waals surface area contributed by atoms with Crippen LogP contribution in [-0.2, 0) is 86.7 Å². The zero-order chi connectivity index (χ0) is 67.2. The monoisotopic (exact) mass is 1330 g/mol. The van der Waals surface area contributed by atoms with Crippen LogP contribution in [0.3, 0.4) is 0 Å². The van der Waals surface area contributed by atoms with Crippen LogP contribution in [0.4, 0.5) is 4.79 Å². The van der Waals surface area contributed by atoms with E-state index in [-0.39, 0.29) is 129 Å². The number of hydrogen-bond acceptors (Lipinski definition) is 22. The van der Waals surface area contributed by atoms with Crippen LogP contribution in [0.15, 0.2) is 52.9 Å². The third-order valence-corrected chi connectivity index (χ3v) is 20.1. The van der Waals surface area contributed by atoms with Crippen molar-refractivity contribution in [1.82, 2.24) is 25.2 Å². The van der Waals surface area contributed by atoms with E-state index in [0.717, 1.165) is 6.08 Å². The van der Waals surface area contributed by atoms with Gasteiger partial charge in [0.25, 0.3) is 21.8 Å². The average Bonchev–Trinajstić information content (AvgIpc) is 1.42. The van der Waals surface area contributed by atoms with Gasteiger partial charge in [0.15, 0.2) is 34.7 Å². The van der Waals surface area contributed by atoms with E-state index in [9.17, 15) is 66.9 Å². The molecule has 3 aromatic carbocycles. The molecule has 93 heavy (non-hydrogen) atoms. The quantitative estimate of drug-likeness (QED) is 0.0230. The molecule has 8 N–H and O–H groups in total. The molecule has 0 unspecified atom stereocenters. The van der Waals surface area contributed by atoms with Crippen LogP contribution in [0.2, 0.25) is 0 Å². The highest BCUT2D eigenvalue weighted by Gasteiger charge is 2.55. The molecule has 4 heterocycles. The molecule has 3 aromatic rings. The fourth-order valence-electron chi connectivity index (χ4n) is 13.0. The predicted octanol–water partition coefficient (Wildman–Crippen LogP) is 3.88. The highest BCUT2D eigenvalue weighted by atomic mass is 35.5. The second kappa shape index (κ2) is 29.9. The maximum Gasteiger partial charge on any atom is 0.312 e. The lowest BCUT2D eigenvalue weighted by molar-refractivity contribution is -0.256. The number of carbonyl (C=O) groups is 9. The lowest BCUT2D eigenvalue weighted by Crippen LogP contribution is -2.55. The molecule has 0 radical (unpaired) electrons. The van der Waals surface area contributed by atoms with Crippen LogP contribution in [-0.4, -0.2) is 182 Å². The Labute approximate surface area is 542 Å². The number of morpholine rings is 1. The minimum absolute atomic E-state index is 0.0584. The minimum atomic E-state index is -4.04. The third-order valence-electron chi connectivity index (χ3n) is 17.8. The number of primary amides is 1. The Hall–Kier alpha value is -7.41. The molecule has 3 saturated heterocycles. The van der Waals surface area contributed by atoms with Gasteiger partial charge in [-0.1, -0.05) is 68.3 Å². The summed E-state index contributed by atoms with van der Waals surface area (Å²) in [5, 5.41) is 44.6. The number of ether oxygens (including phenoxy) is 7. The molecule has 27 nitrogen and oxygen atoms in total. The van der Waals surface area contributed by atoms with Gasteiger partial charge < -0.3 is 70.2 Å². The number of amides is 5. The van der Waals surface area contributed by atoms with E-state index < -0.39 is 146 Å². The number of carbonyl (C=O) groups excluding carboxylic acids is 9. The maximum absolute atomic E-state index is 14.3. The molecule has 0 bridgehead atoms. The Kier molecular flexibility index (Phi) is 22.5. The number of nitrogens with zero attached hydrogens (tertiary/aromatic N) is 2. The number of ketones is 4. The van der Waals surface area contributed by atoms with Crippen molar-refractivity contribution < 1.29 is 100 Å². The van der Waals surface area contributed by atoms with Gasteiger partial charge in [-0.05, 0) is 62.1 Å². The lowest BCUT2D eigenvalue weighted by Gasteiger charge is -2.43. The first-order valence-corrected chi connectivity index (χ1v) is 32.9. The Bertz CT molecular complexity index is 3550. The molecule has 0 saturated carbocycles. The van der Waals surface area contributed by atoms with Crippen LogP contribution in [0, 0.1) is 11.8 Å². The molecule has 2 aliphatic carbocycles. The van der Waals surface area contributed by atoms with Crippen LogP contribution in [0.25, 0.3) is 0 Å². The fraction of sp³-hybridized carbons (Fsp3) is 0.547. The number of unbranched alkanes of at least 4 members (excludes halogenated alkanes) is 2. The Morgan fingerprint density at radius 1 is 0.882 bits per heavy atom. The number of hydrogen-bond donors (Lipinski definition) is 7. The molecule has 0 spiro atoms. The van der Waals surface area contributed by atoms with Crippen molar-refractivity contribution in [1.29, 1.82) is 0 Å². The summed E-state index contributed by atoms with van der Waals surface area (Å²) in [5.74, 6) is -7.36. The Morgan fingerprint density at radius 3 is 2.29 bits per heavy atom. The second-order valence-electron chi connectivity index (χ2n) is 24.4. The molecule has 504 valence electrons. The smallest absolute Gasteiger partial charge is 0.312 e. The SMILES string of the molecule is COc1cccc2c1C(=O)c1c(O)c3c(c(O)c1C2=O)C[C@@](O)(C(=O)NCCCC(=O)OCc1ccc(CC(=O)[C@H](CCCNC(N)=O)NC(=O)[C@@H](CC(=O)CCCCCN2C(=O)C=C(Cl)S2(=O)=O)C(C)C)cc1)C[C@@H]3O[C@H]1C[C@H]2[C@H](O[C@@H]3[C@@H](OC)OCCN32)[C@H](C)O1. The fourth-order valence-corrected chi connectivity index (χ4v) is 14.4. The summed E-state index contributed by atoms with van der Waals surface area (Å²) in [5.41, 5.74) is 2.49. The van der Waals surface area contributed by atoms with E-state index in [1.807, 2.05) is 0 Å². The summed E-state index contributed by atoms with van der Waals surface area (Å²) in [4.78, 5) is 122. The summed E-state index contributed by atoms with van der Waals surface area (Å²) < 4.78 is 66.2. The summed E-state index contributed by atoms with van der Waals surface area (Å²) >= 11 is 5.67. The molecule has 9 rings (SSSR count). The predicted molar refractivity (Wildman–Crippen MR) is 329 cm³/mol. The van der Waals surface area contributed by atoms with Crippen molar-refractivity contribution in [2.45, 2.75) is 166 Å². The number of phenols is 2. The van der Waals surface area contributed by atoms with Gasteiger partial charge >= 0.3 is 12.0 Å². The number of nitrogens with one attached hydrogen (secondary N) is 3. The molecule has 0 aromatic heterocycles. The maximum atomic E-state index is 14.3. The highest BCUT2D eigenvalue weighted by molar-refractivity contribution is 7.95. The van der Waals surface area contributed by atoms with Gasteiger partial charge in [-0.2, -0.15) is 0 Å². The molecule has 10 atom stereocenters. The average molecular weight is 1340 g/mol. The van der Waals surface area contributed by atoms with Crippen molar-refractivity contribution in [3.05, 3.63) is 97.4 Å². The summed E-state index contributed by atoms with van der Waals surface area (Å²) in [6.07, 6.45) is -3.41. The molecule has 3 fully saturated rings. The number of halogens is 1. The van der Waals surface area contributed by atoms with Crippen LogP contribution >= 0.6 is 11.6 Å². The molecular formula is C64H79ClN6O21S. The number of aromatic hydroxyl groups is 2.